The molecule has 2 aromatic carbocycles. The van der Waals surface area contributed by atoms with Crippen molar-refractivity contribution in [3.8, 4) is 6.07 Å². The predicted octanol–water partition coefficient (Wildman–Crippen LogP) is 4.61. The van der Waals surface area contributed by atoms with Gasteiger partial charge in [-0.1, -0.05) is 30.7 Å². The fourth-order valence-electron chi connectivity index (χ4n) is 4.17. The third kappa shape index (κ3) is 2.65. The Morgan fingerprint density at radius 1 is 1.24 bits per heavy atom. The zero-order valence-electron chi connectivity index (χ0n) is 15.8. The van der Waals surface area contributed by atoms with Gasteiger partial charge < -0.3 is 11.1 Å². The minimum Gasteiger partial charge on any atom is -0.383 e. The summed E-state index contributed by atoms with van der Waals surface area (Å²) in [6.07, 6.45) is -4.20. The van der Waals surface area contributed by atoms with Gasteiger partial charge in [-0.2, -0.15) is 23.4 Å². The maximum atomic E-state index is 13.6. The van der Waals surface area contributed by atoms with Gasteiger partial charge in [0.25, 0.3) is 0 Å². The minimum absolute atomic E-state index is 0.00373. The molecule has 148 valence electrons. The van der Waals surface area contributed by atoms with Gasteiger partial charge in [-0.15, -0.1) is 0 Å². The number of aliphatic imine (C=N–C) groups is 1. The topological polar surface area (TPSA) is 77.4 Å². The first-order valence-electron chi connectivity index (χ1n) is 9.07. The number of nitrogens with two attached hydrogens (primary N) is 1. The fraction of sp³-hybridized carbons (Fsp3) is 0.238. The van der Waals surface area contributed by atoms with Gasteiger partial charge in [-0.25, -0.2) is 0 Å². The number of nitrogens with one attached hydrogen (secondary N) is 1. The van der Waals surface area contributed by atoms with E-state index in [9.17, 15) is 18.4 Å². The molecule has 1 atom stereocenters. The van der Waals surface area contributed by atoms with E-state index in [1.807, 2.05) is 31.2 Å². The summed E-state index contributed by atoms with van der Waals surface area (Å²) in [5.41, 5.74) is 6.52. The van der Waals surface area contributed by atoms with E-state index in [2.05, 4.69) is 16.4 Å². The molecule has 0 bridgehead atoms. The number of halogens is 3. The van der Waals surface area contributed by atoms with Gasteiger partial charge in [0.15, 0.2) is 0 Å². The number of hydrogen-bond acceptors (Lipinski definition) is 5. The van der Waals surface area contributed by atoms with E-state index in [1.54, 1.807) is 17.9 Å². The molecule has 0 saturated heterocycles. The lowest BCUT2D eigenvalue weighted by Gasteiger charge is -2.44. The Morgan fingerprint density at radius 3 is 2.62 bits per heavy atom. The Morgan fingerprint density at radius 2 is 1.97 bits per heavy atom. The lowest BCUT2D eigenvalue weighted by molar-refractivity contribution is -0.137. The van der Waals surface area contributed by atoms with Gasteiger partial charge >= 0.3 is 6.18 Å². The van der Waals surface area contributed by atoms with E-state index in [4.69, 9.17) is 5.73 Å². The van der Waals surface area contributed by atoms with Crippen molar-refractivity contribution in [1.82, 2.24) is 0 Å². The first kappa shape index (κ1) is 18.9. The standard InChI is InChI=1S/C21H18F3N5/c1-3-20(13-8-12(2)9-14(10-13)21(22,23)24)15(11-25)18(26)28-19-27-16-6-4-5-7-17(16)29(19)20/h4-10H,3,26H2,1-2H3,(H,27,28). The molecule has 4 rings (SSSR count). The number of alkyl halides is 3. The molecule has 0 spiro atoms. The number of anilines is 2. The van der Waals surface area contributed by atoms with Gasteiger partial charge in [0, 0.05) is 0 Å². The average molecular weight is 397 g/mol. The van der Waals surface area contributed by atoms with Gasteiger partial charge in [-0.3, -0.25) is 4.90 Å². The number of nitriles is 1. The lowest BCUT2D eigenvalue weighted by atomic mass is 9.77. The molecule has 8 heteroatoms. The van der Waals surface area contributed by atoms with Crippen LogP contribution in [0.25, 0.3) is 0 Å². The molecule has 0 amide bonds. The first-order valence-corrected chi connectivity index (χ1v) is 9.07. The summed E-state index contributed by atoms with van der Waals surface area (Å²) in [6, 6.07) is 13.3. The van der Waals surface area contributed by atoms with Crippen molar-refractivity contribution in [2.45, 2.75) is 32.0 Å². The summed E-state index contributed by atoms with van der Waals surface area (Å²) in [7, 11) is 0. The van der Waals surface area contributed by atoms with E-state index in [1.165, 1.54) is 0 Å². The highest BCUT2D eigenvalue weighted by Gasteiger charge is 2.51. The normalized spacial score (nSPS) is 20.6. The van der Waals surface area contributed by atoms with Crippen LogP contribution < -0.4 is 16.0 Å². The second-order valence-corrected chi connectivity index (χ2v) is 7.08. The summed E-state index contributed by atoms with van der Waals surface area (Å²) in [6.45, 7) is 3.43. The number of fused-ring (bicyclic) bond motifs is 3. The molecule has 0 radical (unpaired) electrons. The number of guanidine groups is 1. The Labute approximate surface area is 166 Å². The van der Waals surface area contributed by atoms with Crippen LogP contribution in [0.15, 0.2) is 58.9 Å². The first-order chi connectivity index (χ1) is 13.7. The van der Waals surface area contributed by atoms with Gasteiger partial charge in [0.2, 0.25) is 5.96 Å². The van der Waals surface area contributed by atoms with E-state index < -0.39 is 17.3 Å². The zero-order chi connectivity index (χ0) is 21.0. The predicted molar refractivity (Wildman–Crippen MR) is 105 cm³/mol. The highest BCUT2D eigenvalue weighted by atomic mass is 19.4. The molecule has 29 heavy (non-hydrogen) atoms. The van der Waals surface area contributed by atoms with Crippen molar-refractivity contribution in [2.24, 2.45) is 10.7 Å². The van der Waals surface area contributed by atoms with Crippen LogP contribution in [0.4, 0.5) is 24.5 Å². The number of rotatable bonds is 2. The lowest BCUT2D eigenvalue weighted by Crippen LogP contribution is -2.53. The molecule has 0 aliphatic carbocycles. The average Bonchev–Trinajstić information content (AvgIpc) is 3.03. The Kier molecular flexibility index (Phi) is 4.08. The number of para-hydroxylation sites is 2. The molecule has 2 heterocycles. The monoisotopic (exact) mass is 397 g/mol. The third-order valence-electron chi connectivity index (χ3n) is 5.39. The summed E-state index contributed by atoms with van der Waals surface area (Å²) >= 11 is 0. The summed E-state index contributed by atoms with van der Waals surface area (Å²) in [5, 5.41) is 13.1. The molecular weight excluding hydrogens is 379 g/mol. The summed E-state index contributed by atoms with van der Waals surface area (Å²) in [4.78, 5) is 6.10. The second kappa shape index (κ2) is 6.27. The zero-order valence-corrected chi connectivity index (χ0v) is 15.8. The molecule has 2 aliphatic rings. The largest absolute Gasteiger partial charge is 0.416 e. The fourth-order valence-corrected chi connectivity index (χ4v) is 4.17. The van der Waals surface area contributed by atoms with Gasteiger partial charge in [0.1, 0.15) is 23.0 Å². The van der Waals surface area contributed by atoms with Crippen LogP contribution in [0.5, 0.6) is 0 Å². The quantitative estimate of drug-likeness (QED) is 0.776. The maximum Gasteiger partial charge on any atom is 0.416 e. The van der Waals surface area contributed by atoms with Crippen molar-refractivity contribution in [2.75, 3.05) is 10.2 Å². The van der Waals surface area contributed by atoms with E-state index in [0.717, 1.165) is 23.5 Å². The number of nitrogens with zero attached hydrogens (tertiary/aromatic N) is 3. The Bertz CT molecular complexity index is 1110. The molecule has 2 aliphatic heterocycles. The maximum absolute atomic E-state index is 13.6. The third-order valence-corrected chi connectivity index (χ3v) is 5.39. The van der Waals surface area contributed by atoms with Gasteiger partial charge in [0.05, 0.1) is 16.9 Å². The van der Waals surface area contributed by atoms with Crippen molar-refractivity contribution in [1.29, 1.82) is 5.26 Å². The van der Waals surface area contributed by atoms with Crippen LogP contribution in [0.2, 0.25) is 0 Å². The molecule has 0 fully saturated rings. The van der Waals surface area contributed by atoms with Crippen molar-refractivity contribution >= 4 is 17.3 Å². The summed E-state index contributed by atoms with van der Waals surface area (Å²) in [5.74, 6) is 0.385. The second-order valence-electron chi connectivity index (χ2n) is 7.08. The highest BCUT2D eigenvalue weighted by molar-refractivity contribution is 6.17. The number of hydrogen-bond donors (Lipinski definition) is 2. The number of benzene rings is 2. The summed E-state index contributed by atoms with van der Waals surface area (Å²) < 4.78 is 40.7. The van der Waals surface area contributed by atoms with Crippen LogP contribution in [0.3, 0.4) is 0 Å². The molecule has 0 saturated carbocycles. The van der Waals surface area contributed by atoms with E-state index >= 15 is 0 Å². The minimum atomic E-state index is -4.51. The highest BCUT2D eigenvalue weighted by Crippen LogP contribution is 2.50. The van der Waals surface area contributed by atoms with Crippen molar-refractivity contribution < 1.29 is 13.2 Å². The SMILES string of the molecule is CCC1(c2cc(C)cc(C(F)(F)F)c2)C(C#N)=C(N)N=C2Nc3ccccc3N21. The van der Waals surface area contributed by atoms with Gasteiger partial charge in [-0.05, 0) is 43.2 Å². The molecule has 0 aromatic heterocycles. The molecule has 1 unspecified atom stereocenters. The smallest absolute Gasteiger partial charge is 0.383 e. The Balaban J connectivity index is 2.06. The molecule has 5 nitrogen and oxygen atoms in total. The van der Waals surface area contributed by atoms with Crippen molar-refractivity contribution in [3.63, 3.8) is 0 Å². The van der Waals surface area contributed by atoms with Crippen LogP contribution in [0.1, 0.15) is 30.0 Å². The number of aryl methyl sites for hydroxylation is 1. The van der Waals surface area contributed by atoms with Crippen LogP contribution in [-0.4, -0.2) is 5.96 Å². The van der Waals surface area contributed by atoms with Crippen molar-refractivity contribution in [3.05, 3.63) is 70.5 Å². The molecule has 2 aromatic rings. The molecule has 3 N–H and O–H groups in total. The van der Waals surface area contributed by atoms with Crippen LogP contribution >= 0.6 is 0 Å². The van der Waals surface area contributed by atoms with E-state index in [0.29, 0.717) is 23.5 Å². The molecular formula is C21H18F3N5. The Hall–Kier alpha value is -3.47. The van der Waals surface area contributed by atoms with Crippen LogP contribution in [-0.2, 0) is 11.7 Å². The van der Waals surface area contributed by atoms with E-state index in [-0.39, 0.29) is 11.4 Å². The van der Waals surface area contributed by atoms with Crippen LogP contribution in [0, 0.1) is 18.3 Å².